The minimum atomic E-state index is -0.0472. The van der Waals surface area contributed by atoms with Gasteiger partial charge in [-0.2, -0.15) is 0 Å². The predicted molar refractivity (Wildman–Crippen MR) is 114 cm³/mol. The van der Waals surface area contributed by atoms with E-state index in [4.69, 9.17) is 0 Å². The van der Waals surface area contributed by atoms with E-state index in [0.29, 0.717) is 19.0 Å². The molecular weight excluding hydrogens is 356 g/mol. The average Bonchev–Trinajstić information content (AvgIpc) is 2.69. The molecule has 0 radical (unpaired) electrons. The van der Waals surface area contributed by atoms with Crippen LogP contribution in [0, 0.1) is 6.92 Å². The fourth-order valence-electron chi connectivity index (χ4n) is 2.61. The van der Waals surface area contributed by atoms with Gasteiger partial charge in [-0.15, -0.1) is 11.8 Å². The highest BCUT2D eigenvalue weighted by Gasteiger charge is 2.06. The Kier molecular flexibility index (Phi) is 8.71. The Morgan fingerprint density at radius 2 is 1.85 bits per heavy atom. The largest absolute Gasteiger partial charge is 0.354 e. The zero-order valence-corrected chi connectivity index (χ0v) is 17.0. The first kappa shape index (κ1) is 20.8. The summed E-state index contributed by atoms with van der Waals surface area (Å²) in [7, 11) is 1.70. The summed E-state index contributed by atoms with van der Waals surface area (Å²) in [5, 5.41) is 9.24. The van der Waals surface area contributed by atoms with Gasteiger partial charge in [0.1, 0.15) is 0 Å². The first-order valence-corrected chi connectivity index (χ1v) is 10.2. The van der Waals surface area contributed by atoms with Crippen molar-refractivity contribution in [3.8, 4) is 0 Å². The van der Waals surface area contributed by atoms with E-state index in [-0.39, 0.29) is 12.5 Å². The van der Waals surface area contributed by atoms with Crippen LogP contribution in [0.4, 0.5) is 0 Å². The quantitative estimate of drug-likeness (QED) is 0.372. The van der Waals surface area contributed by atoms with E-state index in [1.165, 1.54) is 21.6 Å². The van der Waals surface area contributed by atoms with Gasteiger partial charge in [-0.1, -0.05) is 42.5 Å². The van der Waals surface area contributed by atoms with E-state index in [9.17, 15) is 4.79 Å². The number of nitrogens with one attached hydrogen (secondary N) is 3. The van der Waals surface area contributed by atoms with E-state index in [0.717, 1.165) is 6.42 Å². The van der Waals surface area contributed by atoms with E-state index >= 15 is 0 Å². The van der Waals surface area contributed by atoms with E-state index in [1.807, 2.05) is 18.2 Å². The summed E-state index contributed by atoms with van der Waals surface area (Å²) in [6.07, 6.45) is 2.90. The number of guanidine groups is 1. The minimum Gasteiger partial charge on any atom is -0.354 e. The Labute approximate surface area is 166 Å². The zero-order valence-electron chi connectivity index (χ0n) is 16.2. The van der Waals surface area contributed by atoms with Crippen LogP contribution in [-0.2, 0) is 17.8 Å². The Morgan fingerprint density at radius 1 is 1.07 bits per heavy atom. The van der Waals surface area contributed by atoms with Gasteiger partial charge in [0.15, 0.2) is 5.96 Å². The molecule has 5 nitrogen and oxygen atoms in total. The molecular formula is C21H28N4OS. The number of carbonyl (C=O) groups is 1. The number of carbonyl (C=O) groups excluding carboxylic acids is 1. The standard InChI is InChI=1S/C21H28N4OS/c1-16-9-10-18(19(13-16)27-3)14-24-21(22-2)25-15-20(26)23-12-11-17-7-5-4-6-8-17/h4-10,13H,11-12,14-15H2,1-3H3,(H,23,26)(H2,22,24,25). The molecule has 2 rings (SSSR count). The lowest BCUT2D eigenvalue weighted by molar-refractivity contribution is -0.119. The predicted octanol–water partition coefficient (Wildman–Crippen LogP) is 2.74. The van der Waals surface area contributed by atoms with Crippen LogP contribution in [0.3, 0.4) is 0 Å². The van der Waals surface area contributed by atoms with Gasteiger partial charge in [0.2, 0.25) is 5.91 Å². The maximum atomic E-state index is 12.0. The third kappa shape index (κ3) is 7.35. The van der Waals surface area contributed by atoms with Gasteiger partial charge in [-0.25, -0.2) is 0 Å². The molecule has 1 amide bonds. The fourth-order valence-corrected chi connectivity index (χ4v) is 3.32. The number of rotatable bonds is 8. The number of hydrogen-bond donors (Lipinski definition) is 3. The molecule has 144 valence electrons. The SMILES string of the molecule is CN=C(NCC(=O)NCCc1ccccc1)NCc1ccc(C)cc1SC. The molecule has 0 unspecified atom stereocenters. The highest BCUT2D eigenvalue weighted by molar-refractivity contribution is 7.98. The number of nitrogens with zero attached hydrogens (tertiary/aromatic N) is 1. The van der Waals surface area contributed by atoms with Crippen LogP contribution in [0.15, 0.2) is 58.4 Å². The summed E-state index contributed by atoms with van der Waals surface area (Å²) < 4.78 is 0. The Balaban J connectivity index is 1.72. The highest BCUT2D eigenvalue weighted by atomic mass is 32.2. The van der Waals surface area contributed by atoms with Crippen molar-refractivity contribution in [3.05, 3.63) is 65.2 Å². The molecule has 2 aromatic carbocycles. The molecule has 0 saturated heterocycles. The summed E-state index contributed by atoms with van der Waals surface area (Å²) in [4.78, 5) is 17.4. The lowest BCUT2D eigenvalue weighted by Gasteiger charge is -2.14. The van der Waals surface area contributed by atoms with Gasteiger partial charge in [0, 0.05) is 25.0 Å². The van der Waals surface area contributed by atoms with Crippen molar-refractivity contribution >= 4 is 23.6 Å². The van der Waals surface area contributed by atoms with Crippen molar-refractivity contribution in [2.45, 2.75) is 24.8 Å². The molecule has 0 saturated carbocycles. The van der Waals surface area contributed by atoms with Crippen LogP contribution < -0.4 is 16.0 Å². The average molecular weight is 385 g/mol. The third-order valence-corrected chi connectivity index (χ3v) is 4.93. The van der Waals surface area contributed by atoms with Crippen LogP contribution in [0.1, 0.15) is 16.7 Å². The van der Waals surface area contributed by atoms with Crippen LogP contribution in [0.25, 0.3) is 0 Å². The molecule has 0 fully saturated rings. The number of aliphatic imine (C=N–C) groups is 1. The van der Waals surface area contributed by atoms with Gasteiger partial charge in [-0.3, -0.25) is 9.79 Å². The maximum absolute atomic E-state index is 12.0. The van der Waals surface area contributed by atoms with Crippen LogP contribution >= 0.6 is 11.8 Å². The first-order chi connectivity index (χ1) is 13.1. The van der Waals surface area contributed by atoms with Gasteiger partial charge in [-0.05, 0) is 42.4 Å². The topological polar surface area (TPSA) is 65.5 Å². The van der Waals surface area contributed by atoms with Crippen molar-refractivity contribution in [2.24, 2.45) is 4.99 Å². The summed E-state index contributed by atoms with van der Waals surface area (Å²) in [6.45, 7) is 3.56. The van der Waals surface area contributed by atoms with E-state index < -0.39 is 0 Å². The minimum absolute atomic E-state index is 0.0472. The zero-order chi connectivity index (χ0) is 19.5. The number of thioether (sulfide) groups is 1. The Bertz CT molecular complexity index is 762. The van der Waals surface area contributed by atoms with Crippen LogP contribution in [0.2, 0.25) is 0 Å². The second-order valence-electron chi connectivity index (χ2n) is 6.18. The summed E-state index contributed by atoms with van der Waals surface area (Å²) in [5.74, 6) is 0.565. The van der Waals surface area contributed by atoms with Gasteiger partial charge < -0.3 is 16.0 Å². The van der Waals surface area contributed by atoms with Gasteiger partial charge >= 0.3 is 0 Å². The number of benzene rings is 2. The second kappa shape index (κ2) is 11.3. The molecule has 0 aliphatic carbocycles. The molecule has 0 spiro atoms. The number of hydrogen-bond acceptors (Lipinski definition) is 3. The normalized spacial score (nSPS) is 11.1. The van der Waals surface area contributed by atoms with Crippen molar-refractivity contribution in [1.82, 2.24) is 16.0 Å². The third-order valence-electron chi connectivity index (χ3n) is 4.11. The van der Waals surface area contributed by atoms with Crippen LogP contribution in [-0.4, -0.2) is 38.3 Å². The van der Waals surface area contributed by atoms with Crippen molar-refractivity contribution in [3.63, 3.8) is 0 Å². The van der Waals surface area contributed by atoms with Crippen molar-refractivity contribution in [1.29, 1.82) is 0 Å². The summed E-state index contributed by atoms with van der Waals surface area (Å²) in [6, 6.07) is 16.5. The van der Waals surface area contributed by atoms with E-state index in [2.05, 4.69) is 64.5 Å². The van der Waals surface area contributed by atoms with Crippen LogP contribution in [0.5, 0.6) is 0 Å². The first-order valence-electron chi connectivity index (χ1n) is 9.01. The van der Waals surface area contributed by atoms with Gasteiger partial charge in [0.05, 0.1) is 6.54 Å². The number of amides is 1. The highest BCUT2D eigenvalue weighted by Crippen LogP contribution is 2.21. The molecule has 0 atom stereocenters. The lowest BCUT2D eigenvalue weighted by Crippen LogP contribution is -2.43. The Morgan fingerprint density at radius 3 is 2.56 bits per heavy atom. The summed E-state index contributed by atoms with van der Waals surface area (Å²) in [5.41, 5.74) is 3.67. The van der Waals surface area contributed by atoms with Crippen molar-refractivity contribution < 1.29 is 4.79 Å². The van der Waals surface area contributed by atoms with Crippen molar-refractivity contribution in [2.75, 3.05) is 26.4 Å². The maximum Gasteiger partial charge on any atom is 0.239 e. The molecule has 0 aliphatic heterocycles. The fraction of sp³-hybridized carbons (Fsp3) is 0.333. The molecule has 0 aromatic heterocycles. The smallest absolute Gasteiger partial charge is 0.239 e. The molecule has 2 aromatic rings. The van der Waals surface area contributed by atoms with E-state index in [1.54, 1.807) is 18.8 Å². The van der Waals surface area contributed by atoms with Gasteiger partial charge in [0.25, 0.3) is 0 Å². The molecule has 3 N–H and O–H groups in total. The molecule has 0 aliphatic rings. The molecule has 0 bridgehead atoms. The lowest BCUT2D eigenvalue weighted by atomic mass is 10.1. The molecule has 0 heterocycles. The molecule has 27 heavy (non-hydrogen) atoms. The second-order valence-corrected chi connectivity index (χ2v) is 7.03. The number of aryl methyl sites for hydroxylation is 1. The summed E-state index contributed by atoms with van der Waals surface area (Å²) >= 11 is 1.73. The molecule has 6 heteroatoms. The monoisotopic (exact) mass is 384 g/mol. The Hall–Kier alpha value is -2.47.